The van der Waals surface area contributed by atoms with Crippen LogP contribution in [0.1, 0.15) is 20.3 Å². The summed E-state index contributed by atoms with van der Waals surface area (Å²) in [7, 11) is 0. The molecule has 0 saturated carbocycles. The number of benzene rings is 1. The molecule has 1 aromatic rings. The lowest BCUT2D eigenvalue weighted by atomic mass is 10.1. The van der Waals surface area contributed by atoms with Crippen molar-refractivity contribution >= 4 is 33.4 Å². The van der Waals surface area contributed by atoms with E-state index >= 15 is 0 Å². The minimum atomic E-state index is -0.370. The molecule has 0 unspecified atom stereocenters. The largest absolute Gasteiger partial charge is 0.373 e. The van der Waals surface area contributed by atoms with Crippen molar-refractivity contribution < 1.29 is 14.3 Å². The third-order valence-electron chi connectivity index (χ3n) is 4.10. The topological polar surface area (TPSA) is 49.9 Å². The van der Waals surface area contributed by atoms with Gasteiger partial charge in [-0.1, -0.05) is 15.9 Å². The Morgan fingerprint density at radius 2 is 1.68 bits per heavy atom. The molecule has 0 N–H and O–H groups in total. The van der Waals surface area contributed by atoms with Crippen LogP contribution >= 0.6 is 15.9 Å². The van der Waals surface area contributed by atoms with Gasteiger partial charge in [-0.05, 0) is 38.1 Å². The smallest absolute Gasteiger partial charge is 0.251 e. The van der Waals surface area contributed by atoms with Crippen molar-refractivity contribution in [3.05, 3.63) is 28.7 Å². The first-order valence-corrected chi connectivity index (χ1v) is 8.27. The van der Waals surface area contributed by atoms with Crippen molar-refractivity contribution in [3.8, 4) is 0 Å². The number of hydrogen-bond acceptors (Lipinski definition) is 4. The summed E-state index contributed by atoms with van der Waals surface area (Å²) in [6.45, 7) is 5.36. The first-order chi connectivity index (χ1) is 10.5. The van der Waals surface area contributed by atoms with E-state index in [4.69, 9.17) is 4.74 Å². The number of amides is 2. The molecule has 118 valence electrons. The third kappa shape index (κ3) is 2.95. The summed E-state index contributed by atoms with van der Waals surface area (Å²) in [5, 5.41) is 0. The normalized spacial score (nSPS) is 30.1. The summed E-state index contributed by atoms with van der Waals surface area (Å²) in [5.74, 6) is -0.266. The molecule has 2 heterocycles. The Balaban J connectivity index is 1.80. The standard InChI is InChI=1S/C16H19BrN2O3/c1-10-8-18(9-11(2)22-10)14-7-15(20)19(16(14)21)13-5-3-12(17)4-6-13/h3-6,10-11,14H,7-9H2,1-2H3/t10-,11+,14-/m0/s1. The Kier molecular flexibility index (Phi) is 4.34. The zero-order valence-electron chi connectivity index (χ0n) is 12.7. The number of rotatable bonds is 2. The van der Waals surface area contributed by atoms with E-state index in [1.54, 1.807) is 12.1 Å². The zero-order valence-corrected chi connectivity index (χ0v) is 14.2. The van der Waals surface area contributed by atoms with E-state index < -0.39 is 0 Å². The fourth-order valence-electron chi connectivity index (χ4n) is 3.23. The van der Waals surface area contributed by atoms with Crippen molar-refractivity contribution in [3.63, 3.8) is 0 Å². The van der Waals surface area contributed by atoms with Gasteiger partial charge in [-0.3, -0.25) is 14.5 Å². The fraction of sp³-hybridized carbons (Fsp3) is 0.500. The van der Waals surface area contributed by atoms with Crippen LogP contribution in [0.5, 0.6) is 0 Å². The number of ether oxygens (including phenoxy) is 1. The molecule has 0 bridgehead atoms. The summed E-state index contributed by atoms with van der Waals surface area (Å²) < 4.78 is 6.63. The van der Waals surface area contributed by atoms with Crippen LogP contribution < -0.4 is 4.90 Å². The molecule has 2 amide bonds. The quantitative estimate of drug-likeness (QED) is 0.752. The van der Waals surface area contributed by atoms with Gasteiger partial charge in [-0.2, -0.15) is 0 Å². The molecule has 0 spiro atoms. The number of carbonyl (C=O) groups excluding carboxylic acids is 2. The molecule has 2 aliphatic heterocycles. The lowest BCUT2D eigenvalue weighted by Gasteiger charge is -2.37. The number of imide groups is 1. The highest BCUT2D eigenvalue weighted by Crippen LogP contribution is 2.28. The number of nitrogens with zero attached hydrogens (tertiary/aromatic N) is 2. The molecule has 2 aliphatic rings. The van der Waals surface area contributed by atoms with Gasteiger partial charge in [0, 0.05) is 17.6 Å². The van der Waals surface area contributed by atoms with Gasteiger partial charge in [-0.15, -0.1) is 0 Å². The van der Waals surface area contributed by atoms with E-state index in [1.165, 1.54) is 4.90 Å². The van der Waals surface area contributed by atoms with Crippen LogP contribution in [-0.4, -0.2) is 48.1 Å². The Morgan fingerprint density at radius 1 is 1.09 bits per heavy atom. The Labute approximate surface area is 138 Å². The van der Waals surface area contributed by atoms with Gasteiger partial charge in [0.2, 0.25) is 5.91 Å². The molecule has 6 heteroatoms. The van der Waals surface area contributed by atoms with Crippen molar-refractivity contribution in [1.82, 2.24) is 4.90 Å². The number of morpholine rings is 1. The molecular weight excluding hydrogens is 348 g/mol. The molecule has 3 rings (SSSR count). The van der Waals surface area contributed by atoms with Crippen LogP contribution in [0.25, 0.3) is 0 Å². The Hall–Kier alpha value is -1.24. The predicted molar refractivity (Wildman–Crippen MR) is 86.6 cm³/mol. The summed E-state index contributed by atoms with van der Waals surface area (Å²) in [6.07, 6.45) is 0.399. The third-order valence-corrected chi connectivity index (χ3v) is 4.62. The SMILES string of the molecule is C[C@@H]1CN([C@H]2CC(=O)N(c3ccc(Br)cc3)C2=O)C[C@H](C)O1. The molecule has 22 heavy (non-hydrogen) atoms. The van der Waals surface area contributed by atoms with E-state index in [2.05, 4.69) is 20.8 Å². The lowest BCUT2D eigenvalue weighted by molar-refractivity contribution is -0.127. The first-order valence-electron chi connectivity index (χ1n) is 7.47. The van der Waals surface area contributed by atoms with Crippen LogP contribution in [0.2, 0.25) is 0 Å². The first kappa shape index (κ1) is 15.6. The van der Waals surface area contributed by atoms with E-state index in [0.29, 0.717) is 18.8 Å². The minimum Gasteiger partial charge on any atom is -0.373 e. The highest BCUT2D eigenvalue weighted by atomic mass is 79.9. The van der Waals surface area contributed by atoms with Crippen LogP contribution in [0, 0.1) is 0 Å². The molecule has 0 radical (unpaired) electrons. The fourth-order valence-corrected chi connectivity index (χ4v) is 3.50. The van der Waals surface area contributed by atoms with Gasteiger partial charge in [0.05, 0.1) is 30.4 Å². The molecule has 2 fully saturated rings. The van der Waals surface area contributed by atoms with Gasteiger partial charge in [0.15, 0.2) is 0 Å². The van der Waals surface area contributed by atoms with Crippen LogP contribution in [0.4, 0.5) is 5.69 Å². The molecule has 0 aromatic heterocycles. The maximum Gasteiger partial charge on any atom is 0.251 e. The molecular formula is C16H19BrN2O3. The van der Waals surface area contributed by atoms with E-state index in [9.17, 15) is 9.59 Å². The van der Waals surface area contributed by atoms with Gasteiger partial charge in [0.25, 0.3) is 5.91 Å². The summed E-state index contributed by atoms with van der Waals surface area (Å²) >= 11 is 3.36. The lowest BCUT2D eigenvalue weighted by Crippen LogP contribution is -2.52. The zero-order chi connectivity index (χ0) is 15.9. The van der Waals surface area contributed by atoms with Gasteiger partial charge >= 0.3 is 0 Å². The molecule has 5 nitrogen and oxygen atoms in total. The van der Waals surface area contributed by atoms with Crippen LogP contribution in [-0.2, 0) is 14.3 Å². The average molecular weight is 367 g/mol. The predicted octanol–water partition coefficient (Wildman–Crippen LogP) is 2.19. The average Bonchev–Trinajstić information content (AvgIpc) is 2.74. The number of halogens is 1. The van der Waals surface area contributed by atoms with Crippen molar-refractivity contribution in [2.75, 3.05) is 18.0 Å². The van der Waals surface area contributed by atoms with Crippen LogP contribution in [0.3, 0.4) is 0 Å². The van der Waals surface area contributed by atoms with Crippen molar-refractivity contribution in [2.45, 2.75) is 38.5 Å². The second kappa shape index (κ2) is 6.10. The van der Waals surface area contributed by atoms with Crippen molar-refractivity contribution in [1.29, 1.82) is 0 Å². The second-order valence-electron chi connectivity index (χ2n) is 5.97. The second-order valence-corrected chi connectivity index (χ2v) is 6.89. The van der Waals surface area contributed by atoms with E-state index in [1.807, 2.05) is 26.0 Å². The summed E-state index contributed by atoms with van der Waals surface area (Å²) in [6, 6.07) is 6.87. The minimum absolute atomic E-state index is 0.0772. The van der Waals surface area contributed by atoms with Gasteiger partial charge in [-0.25, -0.2) is 4.90 Å². The maximum absolute atomic E-state index is 12.7. The monoisotopic (exact) mass is 366 g/mol. The van der Waals surface area contributed by atoms with Gasteiger partial charge in [0.1, 0.15) is 0 Å². The molecule has 3 atom stereocenters. The van der Waals surface area contributed by atoms with E-state index in [0.717, 1.165) is 4.47 Å². The highest BCUT2D eigenvalue weighted by Gasteiger charge is 2.44. The summed E-state index contributed by atoms with van der Waals surface area (Å²) in [4.78, 5) is 28.4. The Bertz CT molecular complexity index is 580. The summed E-state index contributed by atoms with van der Waals surface area (Å²) in [5.41, 5.74) is 0.634. The van der Waals surface area contributed by atoms with E-state index in [-0.39, 0.29) is 36.5 Å². The molecule has 0 aliphatic carbocycles. The maximum atomic E-state index is 12.7. The highest BCUT2D eigenvalue weighted by molar-refractivity contribution is 9.10. The number of hydrogen-bond donors (Lipinski definition) is 0. The number of anilines is 1. The van der Waals surface area contributed by atoms with Crippen molar-refractivity contribution in [2.24, 2.45) is 0 Å². The van der Waals surface area contributed by atoms with Crippen LogP contribution in [0.15, 0.2) is 28.7 Å². The number of carbonyl (C=O) groups is 2. The Morgan fingerprint density at radius 3 is 2.27 bits per heavy atom. The van der Waals surface area contributed by atoms with Gasteiger partial charge < -0.3 is 4.74 Å². The molecule has 2 saturated heterocycles. The molecule has 1 aromatic carbocycles.